The van der Waals surface area contributed by atoms with Crippen molar-refractivity contribution in [3.05, 3.63) is 0 Å². The molecule has 13 nitrogen and oxygen atoms in total. The Hall–Kier alpha value is -0.585. The molecule has 3 aliphatic rings. The number of carboxylic acids is 1. The molecule has 0 aromatic rings. The number of carbonyl (C=O) groups is 5. The van der Waals surface area contributed by atoms with E-state index in [9.17, 15) is 40.8 Å². The molecular weight excluding hydrogens is 761 g/mol. The van der Waals surface area contributed by atoms with E-state index in [-0.39, 0.29) is 87.2 Å². The molecule has 0 saturated heterocycles. The fourth-order valence-corrected chi connectivity index (χ4v) is 6.12. The van der Waals surface area contributed by atoms with Crippen molar-refractivity contribution in [2.45, 2.75) is 105 Å². The van der Waals surface area contributed by atoms with Crippen molar-refractivity contribution in [2.75, 3.05) is 32.3 Å². The van der Waals surface area contributed by atoms with E-state index in [1.807, 2.05) is 0 Å². The zero-order chi connectivity index (χ0) is 38.4. The quantitative estimate of drug-likeness (QED) is 0.195. The third-order valence-electron chi connectivity index (χ3n) is 8.53. The fourth-order valence-electron chi connectivity index (χ4n) is 5.57. The van der Waals surface area contributed by atoms with Gasteiger partial charge in [0, 0.05) is 55.1 Å². The number of ketones is 3. The number of carbonyl (C=O) groups excluding carboxylic acids is 4. The molecule has 3 rings (SSSR count). The standard InChI is InChI=1S/C10H18O4S.C9H14O3.C9H16O2.C3H5ClO2.CH3ClO2S.B.Na.H/c1-8(11)10-5-3-9(4-6-10)7-14-15(2,12)13;1-6(10)7-2-4-8(5-3-7)9(11)12;1-7(11)9-4-2-8(6-10)3-5-9;1-2-6-3(4)5;1-5(2,3)4;;;/h9-10H,3-7H2,1-2H3;7-8H,2-5H2,1H3,(H,11,12);8-10H,2-6H2,1H3;2H2,1H3;1H3;;;/q;;;;;;+1;-1. The maximum absolute atomic E-state index is 11.1. The molecule has 0 aromatic heterocycles. The second-order valence-electron chi connectivity index (χ2n) is 12.7. The van der Waals surface area contributed by atoms with Gasteiger partial charge in [-0.25, -0.2) is 13.2 Å². The minimum Gasteiger partial charge on any atom is -1.00 e. The van der Waals surface area contributed by atoms with E-state index in [4.69, 9.17) is 26.0 Å². The summed E-state index contributed by atoms with van der Waals surface area (Å²) in [6.07, 6.45) is 12.4. The van der Waals surface area contributed by atoms with Gasteiger partial charge in [-0.1, -0.05) is 0 Å². The molecule has 19 heteroatoms. The molecule has 2 N–H and O–H groups in total. The first-order valence-corrected chi connectivity index (χ1v) is 21.3. The third kappa shape index (κ3) is 34.9. The fraction of sp³-hybridized carbons (Fsp3) is 0.844. The topological polar surface area (TPSA) is 213 Å². The van der Waals surface area contributed by atoms with Crippen LogP contribution in [0.3, 0.4) is 0 Å². The van der Waals surface area contributed by atoms with Crippen LogP contribution in [0.2, 0.25) is 0 Å². The first-order valence-electron chi connectivity index (χ1n) is 16.4. The number of rotatable bonds is 9. The van der Waals surface area contributed by atoms with Gasteiger partial charge in [0.25, 0.3) is 10.1 Å². The molecule has 0 aromatic carbocycles. The molecule has 0 heterocycles. The van der Waals surface area contributed by atoms with E-state index < -0.39 is 30.6 Å². The second kappa shape index (κ2) is 30.7. The first-order chi connectivity index (χ1) is 22.5. The summed E-state index contributed by atoms with van der Waals surface area (Å²) in [5, 5.41) is 17.5. The van der Waals surface area contributed by atoms with Crippen LogP contribution in [0.15, 0.2) is 0 Å². The predicted molar refractivity (Wildman–Crippen MR) is 194 cm³/mol. The first kappa shape index (κ1) is 57.1. The number of hydrogen-bond acceptors (Lipinski definition) is 12. The van der Waals surface area contributed by atoms with Gasteiger partial charge in [0.1, 0.15) is 17.3 Å². The van der Waals surface area contributed by atoms with Gasteiger partial charge in [0.05, 0.1) is 31.6 Å². The van der Waals surface area contributed by atoms with Gasteiger partial charge in [-0.2, -0.15) is 8.42 Å². The maximum Gasteiger partial charge on any atom is 1.00 e. The van der Waals surface area contributed by atoms with Crippen LogP contribution in [0.4, 0.5) is 4.79 Å². The van der Waals surface area contributed by atoms with Gasteiger partial charge < -0.3 is 16.4 Å². The predicted octanol–water partition coefficient (Wildman–Crippen LogP) is 2.50. The maximum atomic E-state index is 11.1. The number of hydrogen-bond donors (Lipinski definition) is 2. The van der Waals surface area contributed by atoms with E-state index in [0.29, 0.717) is 37.8 Å². The van der Waals surface area contributed by atoms with Crippen LogP contribution in [0, 0.1) is 35.5 Å². The van der Waals surface area contributed by atoms with E-state index in [0.717, 1.165) is 76.7 Å². The molecule has 0 unspecified atom stereocenters. The van der Waals surface area contributed by atoms with Crippen LogP contribution in [0.1, 0.15) is 106 Å². The Labute approximate surface area is 339 Å². The van der Waals surface area contributed by atoms with Crippen molar-refractivity contribution >= 4 is 78.6 Å². The van der Waals surface area contributed by atoms with E-state index in [2.05, 4.69) is 15.4 Å². The van der Waals surface area contributed by atoms with Crippen molar-refractivity contribution < 1.29 is 90.9 Å². The minimum absolute atomic E-state index is 0. The van der Waals surface area contributed by atoms with Gasteiger partial charge in [0.2, 0.25) is 9.05 Å². The Kier molecular flexibility index (Phi) is 34.4. The number of ether oxygens (including phenoxy) is 1. The average molecular weight is 819 g/mol. The summed E-state index contributed by atoms with van der Waals surface area (Å²) in [4.78, 5) is 53.1. The summed E-state index contributed by atoms with van der Waals surface area (Å²) < 4.78 is 49.3. The molecule has 0 aliphatic heterocycles. The number of aliphatic hydroxyl groups is 1. The van der Waals surface area contributed by atoms with Crippen LogP contribution in [0.25, 0.3) is 0 Å². The van der Waals surface area contributed by atoms with Crippen LogP contribution in [0.5, 0.6) is 0 Å². The Balaban J connectivity index is -0.000000183. The molecule has 51 heavy (non-hydrogen) atoms. The number of aliphatic carboxylic acids is 1. The molecule has 0 atom stereocenters. The Bertz CT molecular complexity index is 1210. The van der Waals surface area contributed by atoms with Crippen molar-refractivity contribution in [1.82, 2.24) is 0 Å². The smallest absolute Gasteiger partial charge is 1.00 e. The molecule has 3 fully saturated rings. The summed E-state index contributed by atoms with van der Waals surface area (Å²) in [7, 11) is -2.01. The molecule has 3 radical (unpaired) electrons. The van der Waals surface area contributed by atoms with Crippen molar-refractivity contribution in [3.63, 3.8) is 0 Å². The minimum atomic E-state index is -3.32. The summed E-state index contributed by atoms with van der Waals surface area (Å²) in [6.45, 7) is 7.49. The molecule has 3 aliphatic carbocycles. The molecule has 0 spiro atoms. The van der Waals surface area contributed by atoms with Crippen molar-refractivity contribution in [3.8, 4) is 0 Å². The van der Waals surface area contributed by atoms with Crippen molar-refractivity contribution in [1.29, 1.82) is 0 Å². The number of aliphatic hydroxyl groups excluding tert-OH is 1. The Morgan fingerprint density at radius 1 is 0.686 bits per heavy atom. The summed E-state index contributed by atoms with van der Waals surface area (Å²) in [5.74, 6) is 1.20. The van der Waals surface area contributed by atoms with E-state index >= 15 is 0 Å². The van der Waals surface area contributed by atoms with Crippen LogP contribution in [-0.4, -0.2) is 96.5 Å². The molecule has 3 saturated carbocycles. The van der Waals surface area contributed by atoms with Gasteiger partial charge in [-0.3, -0.25) is 23.4 Å². The Morgan fingerprint density at radius 2 is 0.980 bits per heavy atom. The van der Waals surface area contributed by atoms with E-state index in [1.165, 1.54) is 0 Å². The molecule has 293 valence electrons. The zero-order valence-corrected chi connectivity index (χ0v) is 36.3. The van der Waals surface area contributed by atoms with Gasteiger partial charge in [-0.15, -0.1) is 0 Å². The number of carboxylic acid groups (broad SMARTS) is 1. The summed E-state index contributed by atoms with van der Waals surface area (Å²) in [6, 6.07) is 0. The molecular formula is C32H57BCl2NaO13S2. The largest absolute Gasteiger partial charge is 1.00 e. The SMILES string of the molecule is CC(=O)C1CCC(C(=O)O)CC1.CC(=O)C1CCC(CO)CC1.CC(=O)C1CCC(COS(C)(=O)=O)CC1.CCOC(=O)Cl.CS(=O)(=O)Cl.[B].[H-].[Na+]. The number of halogens is 2. The van der Waals surface area contributed by atoms with Crippen LogP contribution in [-0.2, 0) is 47.3 Å². The van der Waals surface area contributed by atoms with E-state index in [1.54, 1.807) is 27.7 Å². The van der Waals surface area contributed by atoms with Crippen LogP contribution >= 0.6 is 22.3 Å². The van der Waals surface area contributed by atoms with Gasteiger partial charge >= 0.3 is 41.0 Å². The normalized spacial score (nSPS) is 24.0. The average Bonchev–Trinajstić information content (AvgIpc) is 3.00. The molecule has 0 amide bonds. The molecule has 0 bridgehead atoms. The van der Waals surface area contributed by atoms with Gasteiger partial charge in [0.15, 0.2) is 0 Å². The van der Waals surface area contributed by atoms with Crippen LogP contribution < -0.4 is 29.6 Å². The Morgan fingerprint density at radius 3 is 1.20 bits per heavy atom. The monoisotopic (exact) mass is 817 g/mol. The van der Waals surface area contributed by atoms with Gasteiger partial charge in [-0.05, 0) is 117 Å². The second-order valence-corrected chi connectivity index (χ2v) is 17.7. The summed E-state index contributed by atoms with van der Waals surface area (Å²) >= 11 is 4.72. The number of Topliss-reactive ketones (excluding diaryl/α,β-unsaturated/α-hetero) is 3. The summed E-state index contributed by atoms with van der Waals surface area (Å²) in [5.41, 5.74) is -0.738. The third-order valence-corrected chi connectivity index (χ3v) is 9.20. The zero-order valence-electron chi connectivity index (χ0n) is 32.1. The van der Waals surface area contributed by atoms with Crippen molar-refractivity contribution in [2.24, 2.45) is 35.5 Å².